The first-order valence-corrected chi connectivity index (χ1v) is 6.64. The molecule has 1 amide bonds. The average molecular weight is 261 g/mol. The topological polar surface area (TPSA) is 66.5 Å². The number of halogens is 1. The van der Waals surface area contributed by atoms with E-state index in [9.17, 15) is 13.2 Å². The lowest BCUT2D eigenvalue weighted by Crippen LogP contribution is -2.42. The van der Waals surface area contributed by atoms with Gasteiger partial charge in [0.25, 0.3) is 0 Å². The lowest BCUT2D eigenvalue weighted by atomic mass is 10.2. The van der Waals surface area contributed by atoms with Crippen LogP contribution in [-0.2, 0) is 14.8 Å². The van der Waals surface area contributed by atoms with Gasteiger partial charge >= 0.3 is 0 Å². The van der Waals surface area contributed by atoms with Gasteiger partial charge in [0.05, 0.1) is 11.4 Å². The van der Waals surface area contributed by atoms with Crippen molar-refractivity contribution in [2.75, 3.05) is 21.4 Å². The Morgan fingerprint density at radius 3 is 2.75 bits per heavy atom. The zero-order valence-electron chi connectivity index (χ0n) is 8.18. The molecule has 2 rings (SSSR count). The predicted molar refractivity (Wildman–Crippen MR) is 62.1 cm³/mol. The van der Waals surface area contributed by atoms with E-state index in [2.05, 4.69) is 5.32 Å². The van der Waals surface area contributed by atoms with Crippen LogP contribution >= 0.6 is 11.6 Å². The molecule has 0 bridgehead atoms. The third-order valence-corrected chi connectivity index (χ3v) is 4.31. The molecular formula is C9H9ClN2O3S. The molecule has 1 aliphatic rings. The van der Waals surface area contributed by atoms with Gasteiger partial charge < -0.3 is 5.32 Å². The van der Waals surface area contributed by atoms with Crippen molar-refractivity contribution in [2.24, 2.45) is 0 Å². The second-order valence-electron chi connectivity index (χ2n) is 3.29. The molecule has 0 unspecified atom stereocenters. The van der Waals surface area contributed by atoms with Crippen LogP contribution < -0.4 is 9.62 Å². The molecule has 1 aliphatic heterocycles. The van der Waals surface area contributed by atoms with Gasteiger partial charge in [-0.3, -0.25) is 9.10 Å². The third kappa shape index (κ3) is 1.85. The van der Waals surface area contributed by atoms with Crippen LogP contribution in [0, 0.1) is 0 Å². The number of benzene rings is 1. The summed E-state index contributed by atoms with van der Waals surface area (Å²) in [6.45, 7) is -0.230. The van der Waals surface area contributed by atoms with Crippen LogP contribution in [0.15, 0.2) is 24.3 Å². The zero-order valence-corrected chi connectivity index (χ0v) is 9.75. The molecular weight excluding hydrogens is 252 g/mol. The lowest BCUT2D eigenvalue weighted by Gasteiger charge is -2.29. The van der Waals surface area contributed by atoms with Crippen molar-refractivity contribution in [3.05, 3.63) is 24.3 Å². The van der Waals surface area contributed by atoms with Gasteiger partial charge in [-0.1, -0.05) is 12.1 Å². The Hall–Kier alpha value is -1.27. The monoisotopic (exact) mass is 260 g/mol. The highest BCUT2D eigenvalue weighted by Gasteiger charge is 2.29. The number of sulfonamides is 1. The zero-order chi connectivity index (χ0) is 11.8. The smallest absolute Gasteiger partial charge is 0.249 e. The predicted octanol–water partition coefficient (Wildman–Crippen LogP) is 0.971. The van der Waals surface area contributed by atoms with Crippen molar-refractivity contribution in [3.63, 3.8) is 0 Å². The van der Waals surface area contributed by atoms with E-state index in [-0.39, 0.29) is 12.5 Å². The van der Waals surface area contributed by atoms with Gasteiger partial charge in [0.15, 0.2) is 0 Å². The Bertz CT molecular complexity index is 529. The summed E-state index contributed by atoms with van der Waals surface area (Å²) in [5, 5.41) is 2.05. The van der Waals surface area contributed by atoms with Crippen molar-refractivity contribution >= 4 is 38.9 Å². The average Bonchev–Trinajstić information content (AvgIpc) is 2.28. The van der Waals surface area contributed by atoms with Gasteiger partial charge in [-0.2, -0.15) is 0 Å². The standard InChI is InChI=1S/C9H9ClN2O3S/c10-6-16(14,15)12-5-9(13)11-7-3-1-2-4-8(7)12/h1-4H,5-6H2,(H,11,13). The van der Waals surface area contributed by atoms with Gasteiger partial charge in [0, 0.05) is 0 Å². The van der Waals surface area contributed by atoms with E-state index in [0.29, 0.717) is 11.4 Å². The summed E-state index contributed by atoms with van der Waals surface area (Å²) < 4.78 is 24.4. The summed E-state index contributed by atoms with van der Waals surface area (Å²) in [5.74, 6) is -0.368. The SMILES string of the molecule is O=C1CN(S(=O)(=O)CCl)c2ccccc2N1. The van der Waals surface area contributed by atoms with Gasteiger partial charge in [-0.15, -0.1) is 11.6 Å². The molecule has 1 aromatic rings. The Morgan fingerprint density at radius 1 is 1.38 bits per heavy atom. The molecule has 0 atom stereocenters. The molecule has 0 aromatic heterocycles. The van der Waals surface area contributed by atoms with Crippen molar-refractivity contribution < 1.29 is 13.2 Å². The van der Waals surface area contributed by atoms with E-state index in [0.717, 1.165) is 4.31 Å². The third-order valence-electron chi connectivity index (χ3n) is 2.21. The fraction of sp³-hybridized carbons (Fsp3) is 0.222. The molecule has 86 valence electrons. The summed E-state index contributed by atoms with van der Waals surface area (Å²) in [4.78, 5) is 11.3. The lowest BCUT2D eigenvalue weighted by molar-refractivity contribution is -0.115. The minimum absolute atomic E-state index is 0.230. The quantitative estimate of drug-likeness (QED) is 0.806. The number of para-hydroxylation sites is 2. The minimum Gasteiger partial charge on any atom is -0.323 e. The van der Waals surface area contributed by atoms with Crippen molar-refractivity contribution in [1.82, 2.24) is 0 Å². The van der Waals surface area contributed by atoms with E-state index in [4.69, 9.17) is 11.6 Å². The van der Waals surface area contributed by atoms with Crippen molar-refractivity contribution in [2.45, 2.75) is 0 Å². The van der Waals surface area contributed by atoms with Crippen LogP contribution in [0.4, 0.5) is 11.4 Å². The number of amides is 1. The molecule has 7 heteroatoms. The highest BCUT2D eigenvalue weighted by molar-refractivity contribution is 7.93. The fourth-order valence-corrected chi connectivity index (χ4v) is 2.75. The number of carbonyl (C=O) groups is 1. The van der Waals surface area contributed by atoms with Crippen LogP contribution in [0.5, 0.6) is 0 Å². The first-order chi connectivity index (χ1) is 7.54. The summed E-state index contributed by atoms with van der Waals surface area (Å²) >= 11 is 5.38. The fourth-order valence-electron chi connectivity index (χ4n) is 1.51. The van der Waals surface area contributed by atoms with E-state index >= 15 is 0 Å². The van der Waals surface area contributed by atoms with Crippen LogP contribution in [0.3, 0.4) is 0 Å². The summed E-state index contributed by atoms with van der Waals surface area (Å²) in [6, 6.07) is 6.69. The number of nitrogens with zero attached hydrogens (tertiary/aromatic N) is 1. The maximum Gasteiger partial charge on any atom is 0.249 e. The van der Waals surface area contributed by atoms with E-state index < -0.39 is 15.2 Å². The van der Waals surface area contributed by atoms with E-state index in [1.54, 1.807) is 24.3 Å². The van der Waals surface area contributed by atoms with E-state index in [1.165, 1.54) is 0 Å². The summed E-state index contributed by atoms with van der Waals surface area (Å²) in [7, 11) is -3.63. The Balaban J connectivity index is 2.54. The van der Waals surface area contributed by atoms with Crippen LogP contribution in [-0.4, -0.2) is 26.1 Å². The number of anilines is 2. The van der Waals surface area contributed by atoms with Crippen LogP contribution in [0.2, 0.25) is 0 Å². The number of nitrogens with one attached hydrogen (secondary N) is 1. The molecule has 0 fully saturated rings. The van der Waals surface area contributed by atoms with Gasteiger partial charge in [0.2, 0.25) is 15.9 Å². The van der Waals surface area contributed by atoms with Crippen molar-refractivity contribution in [1.29, 1.82) is 0 Å². The number of rotatable bonds is 2. The Kier molecular flexibility index (Phi) is 2.77. The number of carbonyl (C=O) groups excluding carboxylic acids is 1. The largest absolute Gasteiger partial charge is 0.323 e. The first-order valence-electron chi connectivity index (χ1n) is 4.50. The Morgan fingerprint density at radius 2 is 2.06 bits per heavy atom. The normalized spacial score (nSPS) is 15.6. The number of fused-ring (bicyclic) bond motifs is 1. The molecule has 1 heterocycles. The van der Waals surface area contributed by atoms with Gasteiger partial charge in [-0.25, -0.2) is 8.42 Å². The van der Waals surface area contributed by atoms with Crippen LogP contribution in [0.1, 0.15) is 0 Å². The number of hydrogen-bond acceptors (Lipinski definition) is 3. The number of alkyl halides is 1. The second-order valence-corrected chi connectivity index (χ2v) is 5.77. The van der Waals surface area contributed by atoms with Gasteiger partial charge in [-0.05, 0) is 12.1 Å². The molecule has 1 aromatic carbocycles. The Labute approximate surface area is 98.1 Å². The van der Waals surface area contributed by atoms with Crippen molar-refractivity contribution in [3.8, 4) is 0 Å². The maximum absolute atomic E-state index is 11.7. The molecule has 0 saturated heterocycles. The molecule has 0 saturated carbocycles. The summed E-state index contributed by atoms with van der Waals surface area (Å²) in [6.07, 6.45) is 0. The first kappa shape index (κ1) is 11.2. The minimum atomic E-state index is -3.63. The molecule has 1 N–H and O–H groups in total. The van der Waals surface area contributed by atoms with Gasteiger partial charge in [0.1, 0.15) is 11.8 Å². The van der Waals surface area contributed by atoms with E-state index in [1.807, 2.05) is 0 Å². The summed E-state index contributed by atoms with van der Waals surface area (Å²) in [5.41, 5.74) is 0.926. The maximum atomic E-state index is 11.7. The molecule has 0 radical (unpaired) electrons. The molecule has 0 spiro atoms. The highest BCUT2D eigenvalue weighted by Crippen LogP contribution is 2.31. The molecule has 16 heavy (non-hydrogen) atoms. The van der Waals surface area contributed by atoms with Crippen LogP contribution in [0.25, 0.3) is 0 Å². The number of hydrogen-bond donors (Lipinski definition) is 1. The molecule has 5 nitrogen and oxygen atoms in total. The highest BCUT2D eigenvalue weighted by atomic mass is 35.5. The molecule has 0 aliphatic carbocycles. The second kappa shape index (κ2) is 3.95.